The fraction of sp³-hybridized carbons (Fsp3) is 0.125. The molecule has 3 aromatic rings. The van der Waals surface area contributed by atoms with Gasteiger partial charge in [-0.05, 0) is 72.8 Å². The SMILES string of the molecule is COC(=O)c1ccc(OP(Oc2ccc(C(=O)OC)cc2)Oc2ccc(C(=O)OC)cc2)cc1. The largest absolute Gasteiger partial charge is 0.530 e. The Labute approximate surface area is 197 Å². The van der Waals surface area contributed by atoms with Crippen LogP contribution in [-0.4, -0.2) is 39.2 Å². The number of carbonyl (C=O) groups is 3. The molecule has 10 heteroatoms. The van der Waals surface area contributed by atoms with Crippen LogP contribution in [0.1, 0.15) is 31.1 Å². The summed E-state index contributed by atoms with van der Waals surface area (Å²) in [5, 5.41) is 0. The smallest absolute Gasteiger partial charge is 0.465 e. The first-order valence-electron chi connectivity index (χ1n) is 9.82. The molecule has 0 saturated heterocycles. The molecule has 0 fully saturated rings. The van der Waals surface area contributed by atoms with Crippen LogP contribution in [0.5, 0.6) is 17.2 Å². The standard InChI is InChI=1S/C24H21O9P/c1-28-22(25)16-4-10-19(11-5-16)31-34(32-20-12-6-17(7-13-20)23(26)29-2)33-21-14-8-18(9-15-21)24(27)30-3/h4-15H,1-3H3. The first-order chi connectivity index (χ1) is 16.4. The summed E-state index contributed by atoms with van der Waals surface area (Å²) in [6.45, 7) is 0. The highest BCUT2D eigenvalue weighted by Crippen LogP contribution is 2.42. The van der Waals surface area contributed by atoms with Crippen molar-refractivity contribution in [3.8, 4) is 17.2 Å². The molecule has 0 aromatic heterocycles. The van der Waals surface area contributed by atoms with Crippen LogP contribution in [0.3, 0.4) is 0 Å². The topological polar surface area (TPSA) is 107 Å². The number of hydrogen-bond donors (Lipinski definition) is 0. The zero-order chi connectivity index (χ0) is 24.5. The van der Waals surface area contributed by atoms with Crippen LogP contribution in [0.2, 0.25) is 0 Å². The summed E-state index contributed by atoms with van der Waals surface area (Å²) in [6.07, 6.45) is 0. The van der Waals surface area contributed by atoms with Crippen molar-refractivity contribution in [2.45, 2.75) is 0 Å². The molecule has 3 rings (SSSR count). The zero-order valence-electron chi connectivity index (χ0n) is 18.5. The molecule has 9 nitrogen and oxygen atoms in total. The molecule has 0 aliphatic rings. The van der Waals surface area contributed by atoms with Crippen LogP contribution in [0.25, 0.3) is 0 Å². The van der Waals surface area contributed by atoms with Gasteiger partial charge in [-0.3, -0.25) is 0 Å². The maximum Gasteiger partial charge on any atom is 0.530 e. The van der Waals surface area contributed by atoms with E-state index in [0.29, 0.717) is 33.9 Å². The summed E-state index contributed by atoms with van der Waals surface area (Å²) in [4.78, 5) is 34.9. The first kappa shape index (κ1) is 24.5. The lowest BCUT2D eigenvalue weighted by atomic mass is 10.2. The van der Waals surface area contributed by atoms with E-state index in [9.17, 15) is 14.4 Å². The predicted octanol–water partition coefficient (Wildman–Crippen LogP) is 4.81. The van der Waals surface area contributed by atoms with Crippen molar-refractivity contribution in [1.29, 1.82) is 0 Å². The number of ether oxygens (including phenoxy) is 3. The molecule has 0 aliphatic heterocycles. The van der Waals surface area contributed by atoms with Gasteiger partial charge >= 0.3 is 26.5 Å². The molecule has 0 amide bonds. The molecule has 0 aliphatic carbocycles. The van der Waals surface area contributed by atoms with Gasteiger partial charge in [0.05, 0.1) is 38.0 Å². The molecule has 0 radical (unpaired) electrons. The molecule has 0 heterocycles. The molecule has 0 saturated carbocycles. The van der Waals surface area contributed by atoms with Gasteiger partial charge in [-0.15, -0.1) is 0 Å². The number of hydrogen-bond acceptors (Lipinski definition) is 9. The van der Waals surface area contributed by atoms with E-state index in [-0.39, 0.29) is 0 Å². The highest BCUT2D eigenvalue weighted by molar-refractivity contribution is 7.43. The van der Waals surface area contributed by atoms with Crippen molar-refractivity contribution in [2.75, 3.05) is 21.3 Å². The Balaban J connectivity index is 1.79. The van der Waals surface area contributed by atoms with Gasteiger partial charge < -0.3 is 27.8 Å². The minimum absolute atomic E-state index is 0.359. The minimum atomic E-state index is -2.02. The Morgan fingerprint density at radius 1 is 0.471 bits per heavy atom. The summed E-state index contributed by atoms with van der Waals surface area (Å²) in [6, 6.07) is 18.8. The number of esters is 3. The Morgan fingerprint density at radius 3 is 0.912 bits per heavy atom. The minimum Gasteiger partial charge on any atom is -0.465 e. The van der Waals surface area contributed by atoms with Gasteiger partial charge in [0.1, 0.15) is 17.2 Å². The second-order valence-corrected chi connectivity index (χ2v) is 7.54. The van der Waals surface area contributed by atoms with Crippen LogP contribution >= 0.6 is 8.60 Å². The normalized spacial score (nSPS) is 10.2. The third kappa shape index (κ3) is 6.46. The second kappa shape index (κ2) is 11.7. The fourth-order valence-corrected chi connectivity index (χ4v) is 3.62. The number of rotatable bonds is 9. The van der Waals surface area contributed by atoms with E-state index in [4.69, 9.17) is 27.8 Å². The lowest BCUT2D eigenvalue weighted by molar-refractivity contribution is 0.0592. The van der Waals surface area contributed by atoms with Gasteiger partial charge in [0.15, 0.2) is 0 Å². The Hall–Kier alpha value is -4.10. The van der Waals surface area contributed by atoms with Crippen LogP contribution in [0.15, 0.2) is 72.8 Å². The molecule has 0 atom stereocenters. The van der Waals surface area contributed by atoms with Gasteiger partial charge in [-0.25, -0.2) is 14.4 Å². The van der Waals surface area contributed by atoms with Gasteiger partial charge in [-0.2, -0.15) is 0 Å². The van der Waals surface area contributed by atoms with E-state index in [1.807, 2.05) is 0 Å². The molecule has 0 N–H and O–H groups in total. The lowest BCUT2D eigenvalue weighted by Gasteiger charge is -2.18. The molecule has 0 unspecified atom stereocenters. The molecular weight excluding hydrogens is 463 g/mol. The van der Waals surface area contributed by atoms with Gasteiger partial charge in [0.2, 0.25) is 0 Å². The average Bonchev–Trinajstić information content (AvgIpc) is 2.88. The third-order valence-electron chi connectivity index (χ3n) is 4.37. The highest BCUT2D eigenvalue weighted by atomic mass is 31.2. The van der Waals surface area contributed by atoms with Crippen molar-refractivity contribution in [3.63, 3.8) is 0 Å². The summed E-state index contributed by atoms with van der Waals surface area (Å²) < 4.78 is 31.7. The average molecular weight is 484 g/mol. The van der Waals surface area contributed by atoms with Crippen LogP contribution in [0, 0.1) is 0 Å². The van der Waals surface area contributed by atoms with Crippen LogP contribution < -0.4 is 13.6 Å². The van der Waals surface area contributed by atoms with E-state index < -0.39 is 26.5 Å². The maximum atomic E-state index is 11.6. The summed E-state index contributed by atoms with van der Waals surface area (Å²) in [5.41, 5.74) is 1.08. The maximum absolute atomic E-state index is 11.6. The monoisotopic (exact) mass is 484 g/mol. The van der Waals surface area contributed by atoms with E-state index >= 15 is 0 Å². The van der Waals surface area contributed by atoms with Gasteiger partial charge in [0, 0.05) is 0 Å². The van der Waals surface area contributed by atoms with Crippen molar-refractivity contribution in [2.24, 2.45) is 0 Å². The molecule has 3 aromatic carbocycles. The third-order valence-corrected chi connectivity index (χ3v) is 5.45. The van der Waals surface area contributed by atoms with Crippen LogP contribution in [-0.2, 0) is 14.2 Å². The van der Waals surface area contributed by atoms with Gasteiger partial charge in [0.25, 0.3) is 0 Å². The molecular formula is C24H21O9P. The molecule has 0 bridgehead atoms. The van der Waals surface area contributed by atoms with Crippen LogP contribution in [0.4, 0.5) is 0 Å². The second-order valence-electron chi connectivity index (χ2n) is 6.55. The quantitative estimate of drug-likeness (QED) is 0.240. The summed E-state index contributed by atoms with van der Waals surface area (Å²) >= 11 is 0. The number of methoxy groups -OCH3 is 3. The fourth-order valence-electron chi connectivity index (χ4n) is 2.62. The van der Waals surface area contributed by atoms with Crippen molar-refractivity contribution >= 4 is 26.5 Å². The Morgan fingerprint density at radius 2 is 0.706 bits per heavy atom. The van der Waals surface area contributed by atoms with Crippen molar-refractivity contribution in [1.82, 2.24) is 0 Å². The van der Waals surface area contributed by atoms with E-state index in [2.05, 4.69) is 0 Å². The first-order valence-corrected chi connectivity index (χ1v) is 10.9. The van der Waals surface area contributed by atoms with Crippen molar-refractivity contribution in [3.05, 3.63) is 89.5 Å². The molecule has 34 heavy (non-hydrogen) atoms. The lowest BCUT2D eigenvalue weighted by Crippen LogP contribution is -2.05. The van der Waals surface area contributed by atoms with Crippen molar-refractivity contribution < 1.29 is 42.2 Å². The Bertz CT molecular complexity index is 980. The molecule has 0 spiro atoms. The molecule has 176 valence electrons. The van der Waals surface area contributed by atoms with E-state index in [1.165, 1.54) is 21.3 Å². The summed E-state index contributed by atoms with van der Waals surface area (Å²) in [7, 11) is 1.86. The van der Waals surface area contributed by atoms with E-state index in [1.54, 1.807) is 72.8 Å². The number of benzene rings is 3. The number of carbonyl (C=O) groups excluding carboxylic acids is 3. The Kier molecular flexibility index (Phi) is 8.43. The van der Waals surface area contributed by atoms with Gasteiger partial charge in [-0.1, -0.05) is 0 Å². The predicted molar refractivity (Wildman–Crippen MR) is 122 cm³/mol. The van der Waals surface area contributed by atoms with E-state index in [0.717, 1.165) is 0 Å². The summed E-state index contributed by atoms with van der Waals surface area (Å²) in [5.74, 6) is -0.267. The highest BCUT2D eigenvalue weighted by Gasteiger charge is 2.21. The zero-order valence-corrected chi connectivity index (χ0v) is 19.4.